The zero-order valence-corrected chi connectivity index (χ0v) is 14.5. The second-order valence-electron chi connectivity index (χ2n) is 4.75. The number of nitro groups is 1. The number of aromatic nitrogens is 1. The number of hydrogen-bond donors (Lipinski definition) is 1. The Kier molecular flexibility index (Phi) is 4.72. The van der Waals surface area contributed by atoms with Crippen molar-refractivity contribution < 1.29 is 19.2 Å². The summed E-state index contributed by atoms with van der Waals surface area (Å²) < 4.78 is 5.72. The van der Waals surface area contributed by atoms with Crippen LogP contribution in [0.2, 0.25) is 0 Å². The van der Waals surface area contributed by atoms with E-state index < -0.39 is 16.8 Å². The van der Waals surface area contributed by atoms with Gasteiger partial charge in [-0.2, -0.15) is 0 Å². The van der Waals surface area contributed by atoms with Gasteiger partial charge in [0.2, 0.25) is 0 Å². The number of esters is 1. The minimum absolute atomic E-state index is 0.0481. The number of rotatable bonds is 5. The summed E-state index contributed by atoms with van der Waals surface area (Å²) >= 11 is 1.89. The van der Waals surface area contributed by atoms with E-state index in [2.05, 4.69) is 10.3 Å². The fourth-order valence-corrected chi connectivity index (χ4v) is 3.76. The predicted molar refractivity (Wildman–Crippen MR) is 94.5 cm³/mol. The number of amides is 1. The van der Waals surface area contributed by atoms with Gasteiger partial charge in [-0.15, -0.1) is 11.3 Å². The van der Waals surface area contributed by atoms with Crippen molar-refractivity contribution in [2.75, 3.05) is 11.9 Å². The molecule has 8 nitrogen and oxygen atoms in total. The number of carbonyl (C=O) groups excluding carboxylic acids is 2. The predicted octanol–water partition coefficient (Wildman–Crippen LogP) is 3.70. The SMILES string of the molecule is CCOC(=O)c1cc([N+](=O)[O-])sc1NC(=O)c1nc2ccccc2s1. The standard InChI is InChI=1S/C15H11N3O5S2/c1-2-23-15(20)8-7-11(18(21)22)25-13(8)17-12(19)14-16-9-5-3-4-6-10(9)24-14/h3-7H,2H2,1H3,(H,17,19). The lowest BCUT2D eigenvalue weighted by Crippen LogP contribution is -2.14. The maximum atomic E-state index is 12.4. The van der Waals surface area contributed by atoms with E-state index in [-0.39, 0.29) is 27.2 Å². The van der Waals surface area contributed by atoms with Gasteiger partial charge in [0.15, 0.2) is 5.01 Å². The van der Waals surface area contributed by atoms with Crippen LogP contribution in [-0.4, -0.2) is 28.4 Å². The molecule has 0 atom stereocenters. The van der Waals surface area contributed by atoms with Crippen LogP contribution in [0.5, 0.6) is 0 Å². The van der Waals surface area contributed by atoms with Crippen molar-refractivity contribution in [2.24, 2.45) is 0 Å². The molecule has 3 rings (SSSR count). The molecule has 1 N–H and O–H groups in total. The molecule has 0 bridgehead atoms. The molecule has 25 heavy (non-hydrogen) atoms. The molecule has 3 aromatic rings. The number of para-hydroxylation sites is 1. The summed E-state index contributed by atoms with van der Waals surface area (Å²) in [6.45, 7) is 1.74. The third-order valence-corrected chi connectivity index (χ3v) is 5.15. The van der Waals surface area contributed by atoms with Gasteiger partial charge in [-0.05, 0) is 30.4 Å². The topological polar surface area (TPSA) is 111 Å². The van der Waals surface area contributed by atoms with Crippen LogP contribution >= 0.6 is 22.7 Å². The molecule has 0 aliphatic rings. The fourth-order valence-electron chi connectivity index (χ4n) is 2.05. The summed E-state index contributed by atoms with van der Waals surface area (Å²) in [5.41, 5.74) is 0.633. The lowest BCUT2D eigenvalue weighted by molar-refractivity contribution is -0.380. The summed E-state index contributed by atoms with van der Waals surface area (Å²) in [4.78, 5) is 38.9. The fraction of sp³-hybridized carbons (Fsp3) is 0.133. The maximum Gasteiger partial charge on any atom is 0.341 e. The number of fused-ring (bicyclic) bond motifs is 1. The zero-order chi connectivity index (χ0) is 18.0. The van der Waals surface area contributed by atoms with Crippen LogP contribution < -0.4 is 5.32 Å². The molecule has 0 aliphatic heterocycles. The average Bonchev–Trinajstić information content (AvgIpc) is 3.19. The van der Waals surface area contributed by atoms with Gasteiger partial charge in [-0.1, -0.05) is 12.1 Å². The van der Waals surface area contributed by atoms with Crippen molar-refractivity contribution in [3.8, 4) is 0 Å². The third kappa shape index (κ3) is 3.49. The lowest BCUT2D eigenvalue weighted by Gasteiger charge is -2.03. The van der Waals surface area contributed by atoms with E-state index in [1.54, 1.807) is 13.0 Å². The Morgan fingerprint density at radius 1 is 1.32 bits per heavy atom. The third-order valence-electron chi connectivity index (χ3n) is 3.11. The number of nitrogens with one attached hydrogen (secondary N) is 1. The number of anilines is 1. The van der Waals surface area contributed by atoms with Crippen LogP contribution in [0.15, 0.2) is 30.3 Å². The van der Waals surface area contributed by atoms with Crippen molar-refractivity contribution >= 4 is 54.8 Å². The number of nitrogens with zero attached hydrogens (tertiary/aromatic N) is 2. The summed E-state index contributed by atoms with van der Waals surface area (Å²) in [6, 6.07) is 8.36. The molecule has 128 valence electrons. The van der Waals surface area contributed by atoms with Crippen LogP contribution in [0.3, 0.4) is 0 Å². The molecule has 2 aromatic heterocycles. The number of carbonyl (C=O) groups is 2. The van der Waals surface area contributed by atoms with Gasteiger partial charge in [-0.25, -0.2) is 9.78 Å². The summed E-state index contributed by atoms with van der Waals surface area (Å²) in [7, 11) is 0. The average molecular weight is 377 g/mol. The van der Waals surface area contributed by atoms with E-state index in [0.717, 1.165) is 10.8 Å². The quantitative estimate of drug-likeness (QED) is 0.412. The van der Waals surface area contributed by atoms with Gasteiger partial charge >= 0.3 is 11.0 Å². The molecule has 0 radical (unpaired) electrons. The van der Waals surface area contributed by atoms with Crippen molar-refractivity contribution in [3.63, 3.8) is 0 Å². The maximum absolute atomic E-state index is 12.4. The molecule has 0 fully saturated rings. The van der Waals surface area contributed by atoms with Gasteiger partial charge < -0.3 is 10.1 Å². The van der Waals surface area contributed by atoms with Gasteiger partial charge in [0.25, 0.3) is 5.91 Å². The molecule has 0 spiro atoms. The van der Waals surface area contributed by atoms with E-state index in [1.165, 1.54) is 11.3 Å². The molecule has 0 unspecified atom stereocenters. The highest BCUT2D eigenvalue weighted by Gasteiger charge is 2.25. The van der Waals surface area contributed by atoms with Crippen molar-refractivity contribution in [1.29, 1.82) is 0 Å². The smallest absolute Gasteiger partial charge is 0.341 e. The summed E-state index contributed by atoms with van der Waals surface area (Å²) in [6.07, 6.45) is 0. The number of hydrogen-bond acceptors (Lipinski definition) is 8. The van der Waals surface area contributed by atoms with Crippen LogP contribution in [-0.2, 0) is 4.74 Å². The highest BCUT2D eigenvalue weighted by atomic mass is 32.1. The highest BCUT2D eigenvalue weighted by Crippen LogP contribution is 2.35. The van der Waals surface area contributed by atoms with Gasteiger partial charge in [0, 0.05) is 6.07 Å². The molecular weight excluding hydrogens is 366 g/mol. The van der Waals surface area contributed by atoms with E-state index in [4.69, 9.17) is 4.74 Å². The van der Waals surface area contributed by atoms with E-state index in [9.17, 15) is 19.7 Å². The molecule has 1 amide bonds. The number of ether oxygens (including phenoxy) is 1. The van der Waals surface area contributed by atoms with Crippen molar-refractivity contribution in [1.82, 2.24) is 4.98 Å². The molecule has 0 saturated heterocycles. The molecule has 10 heteroatoms. The van der Waals surface area contributed by atoms with Crippen LogP contribution in [0, 0.1) is 10.1 Å². The van der Waals surface area contributed by atoms with Gasteiger partial charge in [0.1, 0.15) is 10.6 Å². The zero-order valence-electron chi connectivity index (χ0n) is 12.8. The molecule has 2 heterocycles. The molecule has 0 aliphatic carbocycles. The highest BCUT2D eigenvalue weighted by molar-refractivity contribution is 7.21. The van der Waals surface area contributed by atoms with Gasteiger partial charge in [0.05, 0.1) is 21.7 Å². The Hall–Kier alpha value is -2.85. The number of thiophene rings is 1. The molecular formula is C15H11N3O5S2. The van der Waals surface area contributed by atoms with Crippen molar-refractivity contribution in [2.45, 2.75) is 6.92 Å². The first-order chi connectivity index (χ1) is 12.0. The summed E-state index contributed by atoms with van der Waals surface area (Å²) in [5, 5.41) is 13.5. The number of benzene rings is 1. The monoisotopic (exact) mass is 377 g/mol. The normalized spacial score (nSPS) is 10.6. The minimum Gasteiger partial charge on any atom is -0.462 e. The Balaban J connectivity index is 1.91. The van der Waals surface area contributed by atoms with Crippen LogP contribution in [0.25, 0.3) is 10.2 Å². The first-order valence-electron chi connectivity index (χ1n) is 7.12. The van der Waals surface area contributed by atoms with Crippen molar-refractivity contribution in [3.05, 3.63) is 51.0 Å². The largest absolute Gasteiger partial charge is 0.462 e. The Morgan fingerprint density at radius 2 is 2.08 bits per heavy atom. The number of thiazole rings is 1. The molecule has 1 aromatic carbocycles. The Bertz CT molecular complexity index is 946. The van der Waals surface area contributed by atoms with Gasteiger partial charge in [-0.3, -0.25) is 14.9 Å². The lowest BCUT2D eigenvalue weighted by atomic mass is 10.3. The van der Waals surface area contributed by atoms with Crippen LogP contribution in [0.1, 0.15) is 27.1 Å². The first kappa shape index (κ1) is 17.0. The van der Waals surface area contributed by atoms with E-state index >= 15 is 0 Å². The summed E-state index contributed by atoms with van der Waals surface area (Å²) in [5.74, 6) is -1.27. The second kappa shape index (κ2) is 6.95. The second-order valence-corrected chi connectivity index (χ2v) is 6.81. The van der Waals surface area contributed by atoms with E-state index in [0.29, 0.717) is 16.9 Å². The minimum atomic E-state index is -0.730. The Morgan fingerprint density at radius 3 is 2.76 bits per heavy atom. The van der Waals surface area contributed by atoms with Crippen LogP contribution in [0.4, 0.5) is 10.0 Å². The molecule has 0 saturated carbocycles. The first-order valence-corrected chi connectivity index (χ1v) is 8.75. The Labute approximate surface area is 149 Å². The van der Waals surface area contributed by atoms with E-state index in [1.807, 2.05) is 18.2 Å².